The van der Waals surface area contributed by atoms with Gasteiger partial charge in [-0.05, 0) is 31.4 Å². The molecule has 0 aromatic heterocycles. The minimum atomic E-state index is 0.381. The zero-order valence-corrected chi connectivity index (χ0v) is 9.95. The van der Waals surface area contributed by atoms with E-state index < -0.39 is 0 Å². The van der Waals surface area contributed by atoms with Crippen LogP contribution in [0.2, 0.25) is 0 Å². The van der Waals surface area contributed by atoms with Gasteiger partial charge in [0.2, 0.25) is 0 Å². The van der Waals surface area contributed by atoms with E-state index in [1.165, 1.54) is 17.8 Å². The zero-order chi connectivity index (χ0) is 11.4. The molecule has 1 heterocycles. The number of anilines is 2. The highest BCUT2D eigenvalue weighted by atomic mass is 15.1. The van der Waals surface area contributed by atoms with E-state index in [1.54, 1.807) is 0 Å². The predicted octanol–water partition coefficient (Wildman–Crippen LogP) is 2.05. The molecule has 0 saturated carbocycles. The van der Waals surface area contributed by atoms with Crippen molar-refractivity contribution in [1.82, 2.24) is 0 Å². The summed E-state index contributed by atoms with van der Waals surface area (Å²) in [6, 6.07) is 8.86. The number of nitrogens with two attached hydrogens (primary N) is 1. The van der Waals surface area contributed by atoms with Gasteiger partial charge in [0.25, 0.3) is 0 Å². The van der Waals surface area contributed by atoms with Crippen LogP contribution in [0.5, 0.6) is 0 Å². The minimum absolute atomic E-state index is 0.381. The highest BCUT2D eigenvalue weighted by molar-refractivity contribution is 5.69. The standard InChI is InChI=1S/C13H21N3/c1-15-12-6-2-3-7-13(12)16-9-4-5-11(14)8-10-16/h2-3,6-7,11,15H,4-5,8-10,14H2,1H3. The van der Waals surface area contributed by atoms with Crippen LogP contribution in [0.1, 0.15) is 19.3 Å². The fraction of sp³-hybridized carbons (Fsp3) is 0.538. The van der Waals surface area contributed by atoms with Gasteiger partial charge in [-0.25, -0.2) is 0 Å². The van der Waals surface area contributed by atoms with Crippen molar-refractivity contribution in [2.45, 2.75) is 25.3 Å². The second-order valence-electron chi connectivity index (χ2n) is 4.45. The summed E-state index contributed by atoms with van der Waals surface area (Å²) in [5.41, 5.74) is 8.51. The lowest BCUT2D eigenvalue weighted by molar-refractivity contribution is 0.601. The molecule has 2 rings (SSSR count). The third-order valence-electron chi connectivity index (χ3n) is 3.29. The van der Waals surface area contributed by atoms with Gasteiger partial charge in [0.05, 0.1) is 11.4 Å². The van der Waals surface area contributed by atoms with Crippen LogP contribution >= 0.6 is 0 Å². The number of nitrogens with one attached hydrogen (secondary N) is 1. The molecule has 88 valence electrons. The summed E-state index contributed by atoms with van der Waals surface area (Å²) >= 11 is 0. The van der Waals surface area contributed by atoms with E-state index in [9.17, 15) is 0 Å². The summed E-state index contributed by atoms with van der Waals surface area (Å²) in [5, 5.41) is 3.25. The lowest BCUT2D eigenvalue weighted by atomic mass is 10.1. The van der Waals surface area contributed by atoms with Crippen LogP contribution in [0.25, 0.3) is 0 Å². The van der Waals surface area contributed by atoms with E-state index in [0.29, 0.717) is 6.04 Å². The number of para-hydroxylation sites is 2. The van der Waals surface area contributed by atoms with Gasteiger partial charge in [-0.2, -0.15) is 0 Å². The first-order valence-electron chi connectivity index (χ1n) is 6.08. The molecule has 1 fully saturated rings. The Bertz CT molecular complexity index is 338. The topological polar surface area (TPSA) is 41.3 Å². The first-order valence-corrected chi connectivity index (χ1v) is 6.08. The van der Waals surface area contributed by atoms with Gasteiger partial charge in [-0.3, -0.25) is 0 Å². The first kappa shape index (κ1) is 11.3. The Morgan fingerprint density at radius 2 is 2.06 bits per heavy atom. The SMILES string of the molecule is CNc1ccccc1N1CCCC(N)CC1. The molecule has 1 aromatic rings. The van der Waals surface area contributed by atoms with Crippen molar-refractivity contribution in [3.8, 4) is 0 Å². The van der Waals surface area contributed by atoms with Crippen LogP contribution in [0, 0.1) is 0 Å². The van der Waals surface area contributed by atoms with Crippen LogP contribution in [0.3, 0.4) is 0 Å². The number of benzene rings is 1. The number of hydrogen-bond donors (Lipinski definition) is 2. The lowest BCUT2D eigenvalue weighted by Gasteiger charge is -2.25. The average Bonchev–Trinajstić information content (AvgIpc) is 2.54. The van der Waals surface area contributed by atoms with Gasteiger partial charge in [-0.15, -0.1) is 0 Å². The maximum Gasteiger partial charge on any atom is 0.0601 e. The average molecular weight is 219 g/mol. The van der Waals surface area contributed by atoms with E-state index in [1.807, 2.05) is 7.05 Å². The molecule has 0 radical (unpaired) electrons. The summed E-state index contributed by atoms with van der Waals surface area (Å²) in [6.07, 6.45) is 3.44. The van der Waals surface area contributed by atoms with Crippen LogP contribution < -0.4 is 16.0 Å². The van der Waals surface area contributed by atoms with Crippen molar-refractivity contribution in [1.29, 1.82) is 0 Å². The van der Waals surface area contributed by atoms with Crippen LogP contribution in [-0.4, -0.2) is 26.2 Å². The molecular formula is C13H21N3. The van der Waals surface area contributed by atoms with E-state index in [0.717, 1.165) is 25.9 Å². The molecule has 1 aromatic carbocycles. The van der Waals surface area contributed by atoms with Crippen molar-refractivity contribution in [2.75, 3.05) is 30.4 Å². The highest BCUT2D eigenvalue weighted by Crippen LogP contribution is 2.27. The molecule has 16 heavy (non-hydrogen) atoms. The highest BCUT2D eigenvalue weighted by Gasteiger charge is 2.15. The minimum Gasteiger partial charge on any atom is -0.386 e. The van der Waals surface area contributed by atoms with Gasteiger partial charge < -0.3 is 16.0 Å². The molecule has 1 aliphatic rings. The molecule has 1 atom stereocenters. The van der Waals surface area contributed by atoms with E-state index in [2.05, 4.69) is 34.5 Å². The molecule has 3 heteroatoms. The fourth-order valence-electron chi connectivity index (χ4n) is 2.32. The predicted molar refractivity (Wildman–Crippen MR) is 70.0 cm³/mol. The second kappa shape index (κ2) is 5.21. The largest absolute Gasteiger partial charge is 0.386 e. The molecule has 0 bridgehead atoms. The summed E-state index contributed by atoms with van der Waals surface area (Å²) in [6.45, 7) is 2.19. The Morgan fingerprint density at radius 1 is 1.25 bits per heavy atom. The summed E-state index contributed by atoms with van der Waals surface area (Å²) in [5.74, 6) is 0. The molecular weight excluding hydrogens is 198 g/mol. The quantitative estimate of drug-likeness (QED) is 0.800. The maximum absolute atomic E-state index is 6.00. The molecule has 0 amide bonds. The lowest BCUT2D eigenvalue weighted by Crippen LogP contribution is -2.26. The molecule has 0 aliphatic carbocycles. The normalized spacial score (nSPS) is 21.6. The van der Waals surface area contributed by atoms with Crippen molar-refractivity contribution >= 4 is 11.4 Å². The third-order valence-corrected chi connectivity index (χ3v) is 3.29. The monoisotopic (exact) mass is 219 g/mol. The van der Waals surface area contributed by atoms with Crippen LogP contribution in [0.4, 0.5) is 11.4 Å². The van der Waals surface area contributed by atoms with Gasteiger partial charge >= 0.3 is 0 Å². The molecule has 0 spiro atoms. The van der Waals surface area contributed by atoms with Gasteiger partial charge in [0.1, 0.15) is 0 Å². The molecule has 1 unspecified atom stereocenters. The van der Waals surface area contributed by atoms with Gasteiger partial charge in [-0.1, -0.05) is 12.1 Å². The maximum atomic E-state index is 6.00. The van der Waals surface area contributed by atoms with Crippen molar-refractivity contribution in [3.05, 3.63) is 24.3 Å². The molecule has 3 nitrogen and oxygen atoms in total. The summed E-state index contributed by atoms with van der Waals surface area (Å²) in [4.78, 5) is 2.44. The zero-order valence-electron chi connectivity index (χ0n) is 9.95. The summed E-state index contributed by atoms with van der Waals surface area (Å²) < 4.78 is 0. The van der Waals surface area contributed by atoms with E-state index in [4.69, 9.17) is 5.73 Å². The number of hydrogen-bond acceptors (Lipinski definition) is 3. The molecule has 1 aliphatic heterocycles. The second-order valence-corrected chi connectivity index (χ2v) is 4.45. The molecule has 3 N–H and O–H groups in total. The van der Waals surface area contributed by atoms with Crippen LogP contribution in [0.15, 0.2) is 24.3 Å². The third kappa shape index (κ3) is 2.47. The van der Waals surface area contributed by atoms with Crippen molar-refractivity contribution in [3.63, 3.8) is 0 Å². The first-order chi connectivity index (χ1) is 7.81. The van der Waals surface area contributed by atoms with E-state index >= 15 is 0 Å². The Kier molecular flexibility index (Phi) is 3.67. The Hall–Kier alpha value is -1.22. The van der Waals surface area contributed by atoms with Crippen molar-refractivity contribution < 1.29 is 0 Å². The fourth-order valence-corrected chi connectivity index (χ4v) is 2.32. The Labute approximate surface area is 97.6 Å². The number of nitrogens with zero attached hydrogens (tertiary/aromatic N) is 1. The van der Waals surface area contributed by atoms with Crippen LogP contribution in [-0.2, 0) is 0 Å². The van der Waals surface area contributed by atoms with E-state index in [-0.39, 0.29) is 0 Å². The number of rotatable bonds is 2. The van der Waals surface area contributed by atoms with Crippen molar-refractivity contribution in [2.24, 2.45) is 5.73 Å². The smallest absolute Gasteiger partial charge is 0.0601 e. The Morgan fingerprint density at radius 3 is 2.88 bits per heavy atom. The van der Waals surface area contributed by atoms with Gasteiger partial charge in [0, 0.05) is 26.2 Å². The summed E-state index contributed by atoms with van der Waals surface area (Å²) in [7, 11) is 1.97. The Balaban J connectivity index is 2.16. The molecule has 1 saturated heterocycles. The van der Waals surface area contributed by atoms with Gasteiger partial charge in [0.15, 0.2) is 0 Å².